The average molecular weight is 208 g/mol. The Balaban J connectivity index is 4.21. The minimum atomic E-state index is -3.22. The highest BCUT2D eigenvalue weighted by Gasteiger charge is 2.21. The molecule has 80 valence electrons. The van der Waals surface area contributed by atoms with Gasteiger partial charge in [0.1, 0.15) is 0 Å². The van der Waals surface area contributed by atoms with Crippen molar-refractivity contribution in [2.45, 2.75) is 32.9 Å². The molecule has 0 fully saturated rings. The summed E-state index contributed by atoms with van der Waals surface area (Å²) in [5.74, 6) is 0. The van der Waals surface area contributed by atoms with Gasteiger partial charge in [0.2, 0.25) is 10.0 Å². The molecule has 0 aliphatic heterocycles. The third kappa shape index (κ3) is 5.23. The highest BCUT2D eigenvalue weighted by molar-refractivity contribution is 7.90. The maximum absolute atomic E-state index is 11.4. The van der Waals surface area contributed by atoms with Crippen LogP contribution in [-0.2, 0) is 10.0 Å². The van der Waals surface area contributed by atoms with Crippen LogP contribution in [0.25, 0.3) is 0 Å². The fraction of sp³-hybridized carbons (Fsp3) is 1.00. The van der Waals surface area contributed by atoms with Gasteiger partial charge in [-0.2, -0.15) is 0 Å². The zero-order chi connectivity index (χ0) is 10.7. The third-order valence-electron chi connectivity index (χ3n) is 1.67. The van der Waals surface area contributed by atoms with Crippen molar-refractivity contribution in [1.29, 1.82) is 0 Å². The van der Waals surface area contributed by atoms with Crippen LogP contribution in [0.3, 0.4) is 0 Å². The maximum Gasteiger partial charge on any atom is 0.215 e. The van der Waals surface area contributed by atoms with Gasteiger partial charge in [-0.1, -0.05) is 20.8 Å². The van der Waals surface area contributed by atoms with Crippen LogP contribution in [0.4, 0.5) is 0 Å². The van der Waals surface area contributed by atoms with Crippen LogP contribution >= 0.6 is 0 Å². The van der Waals surface area contributed by atoms with Crippen LogP contribution in [0, 0.1) is 5.41 Å². The molecule has 0 aromatic rings. The van der Waals surface area contributed by atoms with Crippen LogP contribution in [0.1, 0.15) is 27.7 Å². The summed E-state index contributed by atoms with van der Waals surface area (Å²) in [4.78, 5) is 0. The maximum atomic E-state index is 11.4. The van der Waals surface area contributed by atoms with Crippen molar-refractivity contribution < 1.29 is 8.42 Å². The van der Waals surface area contributed by atoms with E-state index in [1.165, 1.54) is 0 Å². The summed E-state index contributed by atoms with van der Waals surface area (Å²) in [6.45, 7) is 8.12. The Morgan fingerprint density at radius 2 is 1.85 bits per heavy atom. The highest BCUT2D eigenvalue weighted by Crippen LogP contribution is 2.11. The molecule has 1 atom stereocenters. The van der Waals surface area contributed by atoms with Gasteiger partial charge in [-0.15, -0.1) is 0 Å². The summed E-state index contributed by atoms with van der Waals surface area (Å²) in [6, 6.07) is 0. The minimum Gasteiger partial charge on any atom is -0.329 e. The molecule has 0 radical (unpaired) electrons. The quantitative estimate of drug-likeness (QED) is 0.698. The monoisotopic (exact) mass is 208 g/mol. The third-order valence-corrected chi connectivity index (χ3v) is 3.46. The van der Waals surface area contributed by atoms with Crippen molar-refractivity contribution in [3.05, 3.63) is 0 Å². The van der Waals surface area contributed by atoms with Crippen molar-refractivity contribution in [2.75, 3.05) is 13.1 Å². The summed E-state index contributed by atoms with van der Waals surface area (Å²) in [6.07, 6.45) is 0. The lowest BCUT2D eigenvalue weighted by Crippen LogP contribution is -2.40. The summed E-state index contributed by atoms with van der Waals surface area (Å²) < 4.78 is 25.4. The summed E-state index contributed by atoms with van der Waals surface area (Å²) in [7, 11) is -3.22. The predicted molar refractivity (Wildman–Crippen MR) is 54.9 cm³/mol. The Labute approximate surface area is 80.9 Å². The Morgan fingerprint density at radius 1 is 1.38 bits per heavy atom. The first-order valence-corrected chi connectivity index (χ1v) is 5.92. The number of sulfonamides is 1. The summed E-state index contributed by atoms with van der Waals surface area (Å²) >= 11 is 0. The lowest BCUT2D eigenvalue weighted by molar-refractivity contribution is 0.406. The lowest BCUT2D eigenvalue weighted by atomic mass is 9.98. The predicted octanol–water partition coefficient (Wildman–Crippen LogP) is 0.299. The van der Waals surface area contributed by atoms with Crippen molar-refractivity contribution >= 4 is 10.0 Å². The molecule has 0 aromatic carbocycles. The van der Waals surface area contributed by atoms with E-state index in [4.69, 9.17) is 5.73 Å². The van der Waals surface area contributed by atoms with Crippen molar-refractivity contribution in [3.8, 4) is 0 Å². The molecule has 0 bridgehead atoms. The van der Waals surface area contributed by atoms with Crippen LogP contribution in [0.2, 0.25) is 0 Å². The molecule has 0 aliphatic carbocycles. The smallest absolute Gasteiger partial charge is 0.215 e. The Bertz CT molecular complexity index is 241. The van der Waals surface area contributed by atoms with Gasteiger partial charge >= 0.3 is 0 Å². The van der Waals surface area contributed by atoms with E-state index in [1.807, 2.05) is 20.8 Å². The normalized spacial score (nSPS) is 15.8. The van der Waals surface area contributed by atoms with Gasteiger partial charge in [-0.25, -0.2) is 13.1 Å². The highest BCUT2D eigenvalue weighted by atomic mass is 32.2. The number of hydrogen-bond acceptors (Lipinski definition) is 3. The molecule has 0 aromatic heterocycles. The first kappa shape index (κ1) is 12.9. The molecule has 4 nitrogen and oxygen atoms in total. The lowest BCUT2D eigenvalue weighted by Gasteiger charge is -2.20. The van der Waals surface area contributed by atoms with Gasteiger partial charge in [-0.05, 0) is 12.3 Å². The molecule has 13 heavy (non-hydrogen) atoms. The van der Waals surface area contributed by atoms with Crippen molar-refractivity contribution in [2.24, 2.45) is 11.1 Å². The van der Waals surface area contributed by atoms with Crippen molar-refractivity contribution in [3.63, 3.8) is 0 Å². The molecular weight excluding hydrogens is 188 g/mol. The van der Waals surface area contributed by atoms with Crippen molar-refractivity contribution in [1.82, 2.24) is 4.72 Å². The first-order valence-electron chi connectivity index (χ1n) is 4.37. The zero-order valence-electron chi connectivity index (χ0n) is 8.79. The molecule has 0 heterocycles. The van der Waals surface area contributed by atoms with Crippen LogP contribution in [0.5, 0.6) is 0 Å². The van der Waals surface area contributed by atoms with Crippen LogP contribution in [-0.4, -0.2) is 26.8 Å². The van der Waals surface area contributed by atoms with E-state index in [-0.39, 0.29) is 12.0 Å². The molecular formula is C8H20N2O2S. The number of nitrogens with one attached hydrogen (secondary N) is 1. The van der Waals surface area contributed by atoms with E-state index in [2.05, 4.69) is 4.72 Å². The van der Waals surface area contributed by atoms with Crippen LogP contribution < -0.4 is 10.5 Å². The fourth-order valence-corrected chi connectivity index (χ4v) is 1.76. The molecule has 1 unspecified atom stereocenters. The molecule has 0 saturated carbocycles. The topological polar surface area (TPSA) is 72.2 Å². The molecule has 0 saturated heterocycles. The molecule has 0 amide bonds. The van der Waals surface area contributed by atoms with E-state index < -0.39 is 15.3 Å². The molecule has 0 aliphatic rings. The Hall–Kier alpha value is -0.130. The second-order valence-corrected chi connectivity index (χ2v) is 6.66. The van der Waals surface area contributed by atoms with Gasteiger partial charge in [-0.3, -0.25) is 0 Å². The summed E-state index contributed by atoms with van der Waals surface area (Å²) in [5, 5.41) is -0.519. The number of nitrogens with two attached hydrogens (primary N) is 1. The van der Waals surface area contributed by atoms with E-state index in [9.17, 15) is 8.42 Å². The minimum absolute atomic E-state index is 0.0403. The largest absolute Gasteiger partial charge is 0.329 e. The van der Waals surface area contributed by atoms with E-state index in [0.717, 1.165) is 0 Å². The second kappa shape index (κ2) is 4.39. The molecule has 0 spiro atoms. The second-order valence-electron chi connectivity index (χ2n) is 4.47. The fourth-order valence-electron chi connectivity index (χ4n) is 0.586. The van der Waals surface area contributed by atoms with Gasteiger partial charge in [0, 0.05) is 13.1 Å². The standard InChI is InChI=1S/C8H20N2O2S/c1-7(5-9)13(11,12)10-6-8(2,3)4/h7,10H,5-6,9H2,1-4H3. The Kier molecular flexibility index (Phi) is 4.35. The molecule has 0 rings (SSSR count). The van der Waals surface area contributed by atoms with Crippen LogP contribution in [0.15, 0.2) is 0 Å². The van der Waals surface area contributed by atoms with Gasteiger partial charge in [0.25, 0.3) is 0 Å². The van der Waals surface area contributed by atoms with E-state index in [1.54, 1.807) is 6.92 Å². The SMILES string of the molecule is CC(CN)S(=O)(=O)NCC(C)(C)C. The first-order chi connectivity index (χ1) is 5.69. The van der Waals surface area contributed by atoms with E-state index in [0.29, 0.717) is 6.54 Å². The van der Waals surface area contributed by atoms with E-state index >= 15 is 0 Å². The molecule has 5 heteroatoms. The number of rotatable bonds is 4. The zero-order valence-corrected chi connectivity index (χ0v) is 9.61. The van der Waals surface area contributed by atoms with Gasteiger partial charge < -0.3 is 5.73 Å². The van der Waals surface area contributed by atoms with Gasteiger partial charge in [0.05, 0.1) is 5.25 Å². The summed E-state index contributed by atoms with van der Waals surface area (Å²) in [5.41, 5.74) is 5.24. The average Bonchev–Trinajstić information content (AvgIpc) is 1.98. The Morgan fingerprint density at radius 3 is 2.15 bits per heavy atom. The van der Waals surface area contributed by atoms with Gasteiger partial charge in [0.15, 0.2) is 0 Å². The molecule has 3 N–H and O–H groups in total. The number of hydrogen-bond donors (Lipinski definition) is 2.